The van der Waals surface area contributed by atoms with Crippen molar-refractivity contribution in [2.75, 3.05) is 0 Å². The minimum absolute atomic E-state index is 0.234. The number of fused-ring (bicyclic) bond motifs is 5. The number of hydrogen-bond acceptors (Lipinski definition) is 4. The van der Waals surface area contributed by atoms with Gasteiger partial charge in [0.2, 0.25) is 0 Å². The van der Waals surface area contributed by atoms with Gasteiger partial charge in [-0.25, -0.2) is 9.37 Å². The van der Waals surface area contributed by atoms with Crippen LogP contribution in [0.4, 0.5) is 4.39 Å². The van der Waals surface area contributed by atoms with E-state index in [1.807, 2.05) is 30.5 Å². The van der Waals surface area contributed by atoms with Crippen LogP contribution in [0.3, 0.4) is 0 Å². The third-order valence-electron chi connectivity index (χ3n) is 6.04. The van der Waals surface area contributed by atoms with E-state index in [0.717, 1.165) is 61.8 Å². The Balaban J connectivity index is 1.37. The Kier molecular flexibility index (Phi) is 5.47. The van der Waals surface area contributed by atoms with E-state index in [1.165, 1.54) is 17.7 Å². The first-order valence-electron chi connectivity index (χ1n) is 11.3. The van der Waals surface area contributed by atoms with Crippen LogP contribution in [0.5, 0.6) is 5.75 Å². The highest BCUT2D eigenvalue weighted by Crippen LogP contribution is 2.42. The van der Waals surface area contributed by atoms with Crippen LogP contribution in [-0.4, -0.2) is 9.97 Å². The summed E-state index contributed by atoms with van der Waals surface area (Å²) in [7, 11) is 0. The summed E-state index contributed by atoms with van der Waals surface area (Å²) in [5, 5.41) is 3.16. The summed E-state index contributed by atoms with van der Waals surface area (Å²) in [5.41, 5.74) is 5.46. The molecule has 0 aliphatic heterocycles. The van der Waals surface area contributed by atoms with Crippen LogP contribution in [0, 0.1) is 5.82 Å². The van der Waals surface area contributed by atoms with Crippen molar-refractivity contribution in [1.82, 2.24) is 9.97 Å². The van der Waals surface area contributed by atoms with Gasteiger partial charge in [-0.1, -0.05) is 66.4 Å². The van der Waals surface area contributed by atoms with Gasteiger partial charge in [0.1, 0.15) is 23.2 Å². The number of nitrogens with zero attached hydrogens (tertiary/aromatic N) is 2. The highest BCUT2D eigenvalue weighted by molar-refractivity contribution is 7.99. The van der Waals surface area contributed by atoms with Crippen LogP contribution in [-0.2, 0) is 19.4 Å². The lowest BCUT2D eigenvalue weighted by Crippen LogP contribution is -2.10. The maximum Gasteiger partial charge on any atom is 0.138 e. The molecule has 0 atom stereocenters. The second-order valence-corrected chi connectivity index (χ2v) is 9.36. The third kappa shape index (κ3) is 4.03. The van der Waals surface area contributed by atoms with Crippen molar-refractivity contribution in [2.24, 2.45) is 0 Å². The van der Waals surface area contributed by atoms with Crippen molar-refractivity contribution in [2.45, 2.75) is 29.4 Å². The maximum atomic E-state index is 13.4. The second kappa shape index (κ2) is 8.92. The summed E-state index contributed by atoms with van der Waals surface area (Å²) in [6.07, 6.45) is 3.52. The Hall–Kier alpha value is -3.70. The van der Waals surface area contributed by atoms with E-state index in [2.05, 4.69) is 36.4 Å². The molecule has 0 bridgehead atoms. The molecule has 0 N–H and O–H groups in total. The standard InChI is InChI=1S/C29H21FN2OS/c30-21-11-13-23(14-12-21)34-29-25-9-5-4-8-24(25)27-26(32-29)15-10-20-16-22(17-31-28(20)27)33-18-19-6-2-1-3-7-19/h1-9,11-14,16-17H,10,15,18H2. The molecule has 166 valence electrons. The number of benzene rings is 3. The maximum absolute atomic E-state index is 13.4. The molecular formula is C29H21FN2OS. The molecule has 0 spiro atoms. The smallest absolute Gasteiger partial charge is 0.138 e. The molecule has 1 aliphatic rings. The summed E-state index contributed by atoms with van der Waals surface area (Å²) in [6.45, 7) is 0.520. The summed E-state index contributed by atoms with van der Waals surface area (Å²) < 4.78 is 19.4. The monoisotopic (exact) mass is 464 g/mol. The molecule has 5 heteroatoms. The zero-order valence-electron chi connectivity index (χ0n) is 18.4. The summed E-state index contributed by atoms with van der Waals surface area (Å²) in [6, 6.07) is 27.2. The fourth-order valence-electron chi connectivity index (χ4n) is 4.40. The molecule has 0 saturated heterocycles. The van der Waals surface area contributed by atoms with E-state index < -0.39 is 0 Å². The zero-order valence-corrected chi connectivity index (χ0v) is 19.2. The van der Waals surface area contributed by atoms with Crippen LogP contribution in [0.25, 0.3) is 22.0 Å². The molecule has 6 rings (SSSR count). The third-order valence-corrected chi connectivity index (χ3v) is 7.05. The lowest BCUT2D eigenvalue weighted by molar-refractivity contribution is 0.304. The normalized spacial score (nSPS) is 12.3. The number of ether oxygens (including phenoxy) is 1. The average molecular weight is 465 g/mol. The molecule has 3 aromatic carbocycles. The molecule has 2 heterocycles. The van der Waals surface area contributed by atoms with E-state index in [9.17, 15) is 4.39 Å². The Bertz CT molecular complexity index is 1490. The van der Waals surface area contributed by atoms with Gasteiger partial charge in [-0.05, 0) is 59.7 Å². The van der Waals surface area contributed by atoms with Crippen molar-refractivity contribution < 1.29 is 9.13 Å². The first-order chi connectivity index (χ1) is 16.7. The van der Waals surface area contributed by atoms with E-state index >= 15 is 0 Å². The molecule has 2 aromatic heterocycles. The largest absolute Gasteiger partial charge is 0.487 e. The summed E-state index contributed by atoms with van der Waals surface area (Å²) >= 11 is 1.57. The number of rotatable bonds is 5. The van der Waals surface area contributed by atoms with Crippen molar-refractivity contribution in [3.8, 4) is 17.0 Å². The van der Waals surface area contributed by atoms with Crippen LogP contribution in [0.1, 0.15) is 16.8 Å². The number of aryl methyl sites for hydroxylation is 2. The molecule has 34 heavy (non-hydrogen) atoms. The Morgan fingerprint density at radius 2 is 1.62 bits per heavy atom. The second-order valence-electron chi connectivity index (χ2n) is 8.29. The summed E-state index contributed by atoms with van der Waals surface area (Å²) in [4.78, 5) is 10.9. The van der Waals surface area contributed by atoms with Gasteiger partial charge >= 0.3 is 0 Å². The van der Waals surface area contributed by atoms with Gasteiger partial charge < -0.3 is 4.74 Å². The molecule has 0 unspecified atom stereocenters. The van der Waals surface area contributed by atoms with E-state index in [0.29, 0.717) is 6.61 Å². The van der Waals surface area contributed by atoms with Gasteiger partial charge in [-0.15, -0.1) is 0 Å². The van der Waals surface area contributed by atoms with Crippen LogP contribution in [0.15, 0.2) is 101 Å². The van der Waals surface area contributed by atoms with Crippen LogP contribution < -0.4 is 4.74 Å². The fourth-order valence-corrected chi connectivity index (χ4v) is 5.34. The minimum Gasteiger partial charge on any atom is -0.487 e. The molecule has 3 nitrogen and oxygen atoms in total. The molecule has 0 saturated carbocycles. The number of aromatic nitrogens is 2. The number of pyridine rings is 2. The predicted molar refractivity (Wildman–Crippen MR) is 134 cm³/mol. The van der Waals surface area contributed by atoms with Crippen molar-refractivity contribution in [3.63, 3.8) is 0 Å². The molecule has 0 fully saturated rings. The van der Waals surface area contributed by atoms with Gasteiger partial charge in [-0.3, -0.25) is 4.98 Å². The van der Waals surface area contributed by atoms with Crippen molar-refractivity contribution >= 4 is 22.5 Å². The Morgan fingerprint density at radius 3 is 2.44 bits per heavy atom. The quantitative estimate of drug-likeness (QED) is 0.274. The Morgan fingerprint density at radius 1 is 0.853 bits per heavy atom. The van der Waals surface area contributed by atoms with Gasteiger partial charge in [0.25, 0.3) is 0 Å². The minimum atomic E-state index is -0.234. The first-order valence-corrected chi connectivity index (χ1v) is 12.1. The summed E-state index contributed by atoms with van der Waals surface area (Å²) in [5.74, 6) is 0.550. The fraction of sp³-hybridized carbons (Fsp3) is 0.103. The van der Waals surface area contributed by atoms with Gasteiger partial charge in [0, 0.05) is 15.8 Å². The van der Waals surface area contributed by atoms with E-state index in [-0.39, 0.29) is 5.82 Å². The molecule has 0 amide bonds. The number of halogens is 1. The zero-order chi connectivity index (χ0) is 22.9. The first kappa shape index (κ1) is 20.9. The lowest BCUT2D eigenvalue weighted by Gasteiger charge is -2.22. The van der Waals surface area contributed by atoms with Crippen LogP contribution in [0.2, 0.25) is 0 Å². The predicted octanol–water partition coefficient (Wildman–Crippen LogP) is 7.26. The SMILES string of the molecule is Fc1ccc(Sc2nc3c(c4ccccc24)-c2ncc(OCc4ccccc4)cc2CC3)cc1. The highest BCUT2D eigenvalue weighted by atomic mass is 32.2. The average Bonchev–Trinajstić information content (AvgIpc) is 2.89. The highest BCUT2D eigenvalue weighted by Gasteiger charge is 2.24. The van der Waals surface area contributed by atoms with Crippen molar-refractivity contribution in [1.29, 1.82) is 0 Å². The van der Waals surface area contributed by atoms with E-state index in [4.69, 9.17) is 14.7 Å². The van der Waals surface area contributed by atoms with Gasteiger partial charge in [0.15, 0.2) is 0 Å². The molecular weight excluding hydrogens is 443 g/mol. The molecule has 5 aromatic rings. The molecule has 0 radical (unpaired) electrons. The van der Waals surface area contributed by atoms with Gasteiger partial charge in [0.05, 0.1) is 17.6 Å². The number of hydrogen-bond donors (Lipinski definition) is 0. The Labute approximate surface area is 201 Å². The van der Waals surface area contributed by atoms with Crippen molar-refractivity contribution in [3.05, 3.63) is 114 Å². The van der Waals surface area contributed by atoms with E-state index in [1.54, 1.807) is 23.9 Å². The molecule has 1 aliphatic carbocycles. The van der Waals surface area contributed by atoms with Crippen LogP contribution >= 0.6 is 11.8 Å². The topological polar surface area (TPSA) is 35.0 Å². The lowest BCUT2D eigenvalue weighted by atomic mass is 9.89. The van der Waals surface area contributed by atoms with Gasteiger partial charge in [-0.2, -0.15) is 0 Å².